The van der Waals surface area contributed by atoms with Gasteiger partial charge in [-0.15, -0.1) is 10.2 Å². The number of carbonyl (C=O) groups excluding carboxylic acids is 1. The number of alkyl halides is 3. The fourth-order valence-corrected chi connectivity index (χ4v) is 3.39. The molecular weight excluding hydrogens is 395 g/mol. The van der Waals surface area contributed by atoms with E-state index in [1.54, 1.807) is 4.90 Å². The van der Waals surface area contributed by atoms with E-state index in [-0.39, 0.29) is 12.3 Å². The van der Waals surface area contributed by atoms with Gasteiger partial charge in [0.05, 0.1) is 12.0 Å². The molecule has 0 atom stereocenters. The van der Waals surface area contributed by atoms with Crippen molar-refractivity contribution in [1.82, 2.24) is 19.7 Å². The molecule has 3 aromatic rings. The number of rotatable bonds is 4. The van der Waals surface area contributed by atoms with Crippen LogP contribution in [0.5, 0.6) is 0 Å². The zero-order valence-electron chi connectivity index (χ0n) is 16.1. The van der Waals surface area contributed by atoms with Gasteiger partial charge < -0.3 is 14.4 Å². The number of carbonyl (C=O) groups is 1. The molecule has 1 aliphatic heterocycles. The van der Waals surface area contributed by atoms with Crippen LogP contribution in [0.2, 0.25) is 0 Å². The van der Waals surface area contributed by atoms with Crippen molar-refractivity contribution in [3.05, 3.63) is 72.1 Å². The van der Waals surface area contributed by atoms with E-state index in [1.807, 2.05) is 41.2 Å². The number of benzene rings is 1. The summed E-state index contributed by atoms with van der Waals surface area (Å²) in [4.78, 5) is 16.3. The van der Waals surface area contributed by atoms with Crippen LogP contribution in [0.3, 0.4) is 0 Å². The minimum absolute atomic E-state index is 0.0868. The number of halogens is 3. The number of nitrogens with zero attached hydrogens (tertiary/aromatic N) is 5. The van der Waals surface area contributed by atoms with Gasteiger partial charge in [-0.25, -0.2) is 0 Å². The van der Waals surface area contributed by atoms with Crippen molar-refractivity contribution in [3.63, 3.8) is 0 Å². The number of anilines is 1. The van der Waals surface area contributed by atoms with Gasteiger partial charge in [-0.05, 0) is 42.0 Å². The summed E-state index contributed by atoms with van der Waals surface area (Å²) in [5, 5.41) is 8.53. The number of amides is 1. The van der Waals surface area contributed by atoms with Gasteiger partial charge in [0, 0.05) is 38.6 Å². The Kier molecular flexibility index (Phi) is 5.43. The predicted molar refractivity (Wildman–Crippen MR) is 105 cm³/mol. The van der Waals surface area contributed by atoms with Crippen LogP contribution in [0.25, 0.3) is 5.82 Å². The molecule has 0 N–H and O–H groups in total. The molecule has 0 unspecified atom stereocenters. The Balaban J connectivity index is 1.31. The topological polar surface area (TPSA) is 54.3 Å². The molecule has 0 saturated carbocycles. The molecule has 4 rings (SSSR count). The zero-order valence-corrected chi connectivity index (χ0v) is 16.1. The molecule has 9 heteroatoms. The van der Waals surface area contributed by atoms with Crippen LogP contribution < -0.4 is 4.90 Å². The molecule has 6 nitrogen and oxygen atoms in total. The molecule has 156 valence electrons. The molecule has 1 saturated heterocycles. The highest BCUT2D eigenvalue weighted by atomic mass is 19.4. The molecule has 0 bridgehead atoms. The summed E-state index contributed by atoms with van der Waals surface area (Å²) >= 11 is 0. The van der Waals surface area contributed by atoms with E-state index in [9.17, 15) is 18.0 Å². The quantitative estimate of drug-likeness (QED) is 0.657. The second-order valence-corrected chi connectivity index (χ2v) is 7.08. The van der Waals surface area contributed by atoms with Crippen molar-refractivity contribution in [2.45, 2.75) is 12.6 Å². The summed E-state index contributed by atoms with van der Waals surface area (Å²) in [6, 6.07) is 12.4. The first-order chi connectivity index (χ1) is 14.4. The second-order valence-electron chi connectivity index (χ2n) is 7.08. The maximum atomic E-state index is 12.7. The molecule has 30 heavy (non-hydrogen) atoms. The van der Waals surface area contributed by atoms with Gasteiger partial charge in [-0.2, -0.15) is 13.2 Å². The second kappa shape index (κ2) is 8.17. The molecular formula is C21H20F3N5O. The van der Waals surface area contributed by atoms with Gasteiger partial charge in [0.2, 0.25) is 5.91 Å². The molecule has 2 aromatic heterocycles. The zero-order chi connectivity index (χ0) is 21.1. The number of hydrogen-bond donors (Lipinski definition) is 0. The standard InChI is InChI=1S/C21H20F3N5O/c22-21(23,24)17-5-3-16(4-6-17)15-20(30)29-13-11-28(12-14-29)19-8-7-18(25-26-19)27-9-1-2-10-27/h1-10H,11-15H2. The van der Waals surface area contributed by atoms with Crippen LogP contribution in [0.1, 0.15) is 11.1 Å². The third kappa shape index (κ3) is 4.45. The SMILES string of the molecule is O=C(Cc1ccc(C(F)(F)F)cc1)N1CCN(c2ccc(-n3cccc3)nn2)CC1. The lowest BCUT2D eigenvalue weighted by Crippen LogP contribution is -2.49. The predicted octanol–water partition coefficient (Wildman–Crippen LogP) is 3.18. The maximum Gasteiger partial charge on any atom is 0.416 e. The minimum Gasteiger partial charge on any atom is -0.352 e. The fourth-order valence-electron chi connectivity index (χ4n) is 3.39. The summed E-state index contributed by atoms with van der Waals surface area (Å²) in [6.45, 7) is 2.30. The highest BCUT2D eigenvalue weighted by Crippen LogP contribution is 2.29. The van der Waals surface area contributed by atoms with Gasteiger partial charge in [0.1, 0.15) is 0 Å². The van der Waals surface area contributed by atoms with Crippen molar-refractivity contribution >= 4 is 11.7 Å². The lowest BCUT2D eigenvalue weighted by molar-refractivity contribution is -0.137. The summed E-state index contributed by atoms with van der Waals surface area (Å²) in [5.74, 6) is 1.39. The lowest BCUT2D eigenvalue weighted by atomic mass is 10.1. The van der Waals surface area contributed by atoms with Gasteiger partial charge in [-0.1, -0.05) is 12.1 Å². The van der Waals surface area contributed by atoms with E-state index in [0.717, 1.165) is 23.8 Å². The molecule has 0 aliphatic carbocycles. The first kappa shape index (κ1) is 19.9. The third-order valence-corrected chi connectivity index (χ3v) is 5.10. The van der Waals surface area contributed by atoms with Crippen molar-refractivity contribution in [2.24, 2.45) is 0 Å². The number of aromatic nitrogens is 3. The molecule has 1 aliphatic rings. The van der Waals surface area contributed by atoms with Crippen LogP contribution in [-0.2, 0) is 17.4 Å². The molecule has 3 heterocycles. The van der Waals surface area contributed by atoms with E-state index in [0.29, 0.717) is 31.7 Å². The highest BCUT2D eigenvalue weighted by molar-refractivity contribution is 5.79. The van der Waals surface area contributed by atoms with Crippen LogP contribution in [0.15, 0.2) is 60.9 Å². The molecule has 0 radical (unpaired) electrons. The average Bonchev–Trinajstić information content (AvgIpc) is 3.29. The normalized spacial score (nSPS) is 14.8. The first-order valence-corrected chi connectivity index (χ1v) is 9.56. The lowest BCUT2D eigenvalue weighted by Gasteiger charge is -2.35. The van der Waals surface area contributed by atoms with E-state index in [1.165, 1.54) is 12.1 Å². The van der Waals surface area contributed by atoms with E-state index in [2.05, 4.69) is 15.1 Å². The van der Waals surface area contributed by atoms with E-state index in [4.69, 9.17) is 0 Å². The summed E-state index contributed by atoms with van der Waals surface area (Å²) in [6.07, 6.45) is -0.499. The summed E-state index contributed by atoms with van der Waals surface area (Å²) in [7, 11) is 0. The van der Waals surface area contributed by atoms with Crippen LogP contribution in [0, 0.1) is 0 Å². The van der Waals surface area contributed by atoms with Crippen molar-refractivity contribution < 1.29 is 18.0 Å². The van der Waals surface area contributed by atoms with Crippen LogP contribution in [0.4, 0.5) is 19.0 Å². The van der Waals surface area contributed by atoms with Gasteiger partial charge in [0.25, 0.3) is 0 Å². The Bertz CT molecular complexity index is 977. The minimum atomic E-state index is -4.37. The van der Waals surface area contributed by atoms with Crippen LogP contribution >= 0.6 is 0 Å². The largest absolute Gasteiger partial charge is 0.416 e. The van der Waals surface area contributed by atoms with Crippen molar-refractivity contribution in [2.75, 3.05) is 31.1 Å². The molecule has 1 aromatic carbocycles. The fraction of sp³-hybridized carbons (Fsp3) is 0.286. The smallest absolute Gasteiger partial charge is 0.352 e. The molecule has 0 spiro atoms. The van der Waals surface area contributed by atoms with Gasteiger partial charge in [-0.3, -0.25) is 4.79 Å². The summed E-state index contributed by atoms with van der Waals surface area (Å²) < 4.78 is 39.8. The van der Waals surface area contributed by atoms with E-state index < -0.39 is 11.7 Å². The first-order valence-electron chi connectivity index (χ1n) is 9.56. The van der Waals surface area contributed by atoms with Crippen LogP contribution in [-0.4, -0.2) is 51.8 Å². The van der Waals surface area contributed by atoms with Gasteiger partial charge >= 0.3 is 6.18 Å². The molecule has 1 amide bonds. The summed E-state index contributed by atoms with van der Waals surface area (Å²) in [5.41, 5.74) is -0.141. The molecule has 1 fully saturated rings. The van der Waals surface area contributed by atoms with Crippen molar-refractivity contribution in [3.8, 4) is 5.82 Å². The Hall–Kier alpha value is -3.36. The Labute approximate surface area is 171 Å². The highest BCUT2D eigenvalue weighted by Gasteiger charge is 2.30. The third-order valence-electron chi connectivity index (χ3n) is 5.10. The van der Waals surface area contributed by atoms with Crippen molar-refractivity contribution in [1.29, 1.82) is 0 Å². The maximum absolute atomic E-state index is 12.7. The Morgan fingerprint density at radius 1 is 0.867 bits per heavy atom. The average molecular weight is 415 g/mol. The Morgan fingerprint density at radius 2 is 1.47 bits per heavy atom. The monoisotopic (exact) mass is 415 g/mol. The van der Waals surface area contributed by atoms with E-state index >= 15 is 0 Å². The van der Waals surface area contributed by atoms with Gasteiger partial charge in [0.15, 0.2) is 11.6 Å². The number of piperazine rings is 1. The number of hydrogen-bond acceptors (Lipinski definition) is 4. The Morgan fingerprint density at radius 3 is 2.03 bits per heavy atom.